The monoisotopic (exact) mass is 257 g/mol. The van der Waals surface area contributed by atoms with E-state index in [1.807, 2.05) is 0 Å². The van der Waals surface area contributed by atoms with Gasteiger partial charge in [0.25, 0.3) is 11.7 Å². The molecule has 1 aromatic carbocycles. The SMILES string of the molecule is C=C(Cl)CN1C(=O)C(=O)c2c(F)ccc(F)c21. The molecule has 1 amide bonds. The van der Waals surface area contributed by atoms with E-state index < -0.39 is 28.9 Å². The number of benzene rings is 1. The second kappa shape index (κ2) is 3.92. The van der Waals surface area contributed by atoms with Crippen LogP contribution >= 0.6 is 11.6 Å². The van der Waals surface area contributed by atoms with Gasteiger partial charge >= 0.3 is 0 Å². The summed E-state index contributed by atoms with van der Waals surface area (Å²) in [5.74, 6) is -3.86. The number of amides is 1. The van der Waals surface area contributed by atoms with Crippen molar-refractivity contribution in [1.82, 2.24) is 0 Å². The molecule has 0 bridgehead atoms. The molecule has 0 unspecified atom stereocenters. The van der Waals surface area contributed by atoms with Crippen molar-refractivity contribution < 1.29 is 18.4 Å². The number of ketones is 1. The van der Waals surface area contributed by atoms with Gasteiger partial charge in [-0.2, -0.15) is 0 Å². The summed E-state index contributed by atoms with van der Waals surface area (Å²) in [5.41, 5.74) is -0.922. The summed E-state index contributed by atoms with van der Waals surface area (Å²) >= 11 is 5.51. The minimum atomic E-state index is -1.07. The first-order chi connectivity index (χ1) is 7.93. The van der Waals surface area contributed by atoms with Crippen LogP contribution in [0.3, 0.4) is 0 Å². The number of fused-ring (bicyclic) bond motifs is 1. The lowest BCUT2D eigenvalue weighted by atomic mass is 10.1. The van der Waals surface area contributed by atoms with Crippen molar-refractivity contribution in [3.05, 3.63) is 40.9 Å². The fourth-order valence-electron chi connectivity index (χ4n) is 1.67. The molecule has 3 nitrogen and oxygen atoms in total. The van der Waals surface area contributed by atoms with Gasteiger partial charge in [-0.05, 0) is 12.1 Å². The minimum absolute atomic E-state index is 0.0441. The van der Waals surface area contributed by atoms with E-state index in [-0.39, 0.29) is 17.3 Å². The van der Waals surface area contributed by atoms with Crippen LogP contribution in [0, 0.1) is 11.6 Å². The van der Waals surface area contributed by atoms with Crippen molar-refractivity contribution in [3.63, 3.8) is 0 Å². The summed E-state index contributed by atoms with van der Waals surface area (Å²) in [7, 11) is 0. The Morgan fingerprint density at radius 3 is 2.47 bits per heavy atom. The summed E-state index contributed by atoms with van der Waals surface area (Å²) in [5, 5.41) is 0.0441. The summed E-state index contributed by atoms with van der Waals surface area (Å²) in [6.07, 6.45) is 0. The second-order valence-electron chi connectivity index (χ2n) is 3.49. The van der Waals surface area contributed by atoms with Gasteiger partial charge in [-0.15, -0.1) is 0 Å². The fourth-order valence-corrected chi connectivity index (χ4v) is 1.79. The Balaban J connectivity index is 2.63. The standard InChI is InChI=1S/C11H6ClF2NO2/c1-5(12)4-15-9-7(14)3-2-6(13)8(9)10(16)11(15)17/h2-3H,1,4H2. The van der Waals surface area contributed by atoms with E-state index in [4.69, 9.17) is 11.6 Å². The predicted molar refractivity (Wildman–Crippen MR) is 58.0 cm³/mol. The van der Waals surface area contributed by atoms with Gasteiger partial charge in [0.15, 0.2) is 0 Å². The van der Waals surface area contributed by atoms with Gasteiger partial charge in [-0.1, -0.05) is 18.2 Å². The van der Waals surface area contributed by atoms with Crippen LogP contribution in [0.25, 0.3) is 0 Å². The third-order valence-electron chi connectivity index (χ3n) is 2.34. The zero-order valence-corrected chi connectivity index (χ0v) is 9.22. The normalized spacial score (nSPS) is 14.2. The average Bonchev–Trinajstić information content (AvgIpc) is 2.49. The molecule has 1 aliphatic rings. The van der Waals surface area contributed by atoms with Crippen LogP contribution < -0.4 is 4.90 Å². The molecule has 0 saturated heterocycles. The second-order valence-corrected chi connectivity index (χ2v) is 4.03. The first kappa shape index (κ1) is 11.7. The lowest BCUT2D eigenvalue weighted by Crippen LogP contribution is -2.31. The highest BCUT2D eigenvalue weighted by Crippen LogP contribution is 2.34. The molecule has 1 aromatic rings. The Bertz CT molecular complexity index is 557. The van der Waals surface area contributed by atoms with Crippen LogP contribution in [0.4, 0.5) is 14.5 Å². The zero-order chi connectivity index (χ0) is 12.7. The van der Waals surface area contributed by atoms with Crippen molar-refractivity contribution >= 4 is 29.0 Å². The molecule has 0 saturated carbocycles. The van der Waals surface area contributed by atoms with Crippen LogP contribution in [-0.2, 0) is 4.79 Å². The molecule has 0 aliphatic carbocycles. The molecular formula is C11H6ClF2NO2. The first-order valence-electron chi connectivity index (χ1n) is 4.61. The van der Waals surface area contributed by atoms with Crippen LogP contribution in [0.5, 0.6) is 0 Å². The molecule has 2 rings (SSSR count). The summed E-state index contributed by atoms with van der Waals surface area (Å²) in [6, 6.07) is 1.66. The first-order valence-corrected chi connectivity index (χ1v) is 4.98. The molecular weight excluding hydrogens is 252 g/mol. The van der Waals surface area contributed by atoms with Crippen LogP contribution in [0.2, 0.25) is 0 Å². The Morgan fingerprint density at radius 2 is 1.88 bits per heavy atom. The number of anilines is 1. The lowest BCUT2D eigenvalue weighted by molar-refractivity contribution is -0.114. The number of hydrogen-bond donors (Lipinski definition) is 0. The molecule has 0 radical (unpaired) electrons. The molecule has 0 N–H and O–H groups in total. The third-order valence-corrected chi connectivity index (χ3v) is 2.46. The van der Waals surface area contributed by atoms with Gasteiger partial charge in [0.1, 0.15) is 11.6 Å². The van der Waals surface area contributed by atoms with Crippen LogP contribution in [0.1, 0.15) is 10.4 Å². The van der Waals surface area contributed by atoms with Gasteiger partial charge in [0, 0.05) is 5.03 Å². The Morgan fingerprint density at radius 1 is 1.29 bits per heavy atom. The number of hydrogen-bond acceptors (Lipinski definition) is 2. The Kier molecular flexibility index (Phi) is 2.71. The van der Waals surface area contributed by atoms with Crippen LogP contribution in [-0.4, -0.2) is 18.2 Å². The van der Waals surface area contributed by atoms with Crippen molar-refractivity contribution in [2.75, 3.05) is 11.4 Å². The molecule has 0 fully saturated rings. The number of Topliss-reactive ketones (excluding diaryl/α,β-unsaturated/α-hetero) is 1. The van der Waals surface area contributed by atoms with E-state index >= 15 is 0 Å². The third kappa shape index (κ3) is 1.72. The maximum absolute atomic E-state index is 13.5. The molecule has 17 heavy (non-hydrogen) atoms. The summed E-state index contributed by atoms with van der Waals surface area (Å²) < 4.78 is 26.9. The number of halogens is 3. The maximum Gasteiger partial charge on any atom is 0.300 e. The van der Waals surface area contributed by atoms with Gasteiger partial charge in [0.05, 0.1) is 17.8 Å². The van der Waals surface area contributed by atoms with Crippen molar-refractivity contribution in [2.24, 2.45) is 0 Å². The van der Waals surface area contributed by atoms with Gasteiger partial charge in [-0.25, -0.2) is 8.78 Å². The Labute approximate surface area is 100 Å². The molecule has 1 aliphatic heterocycles. The molecule has 1 heterocycles. The molecule has 88 valence electrons. The van der Waals surface area contributed by atoms with E-state index in [1.165, 1.54) is 0 Å². The molecule has 6 heteroatoms. The van der Waals surface area contributed by atoms with Gasteiger partial charge < -0.3 is 0 Å². The molecule has 0 atom stereocenters. The highest BCUT2D eigenvalue weighted by atomic mass is 35.5. The lowest BCUT2D eigenvalue weighted by Gasteiger charge is -2.15. The van der Waals surface area contributed by atoms with E-state index in [9.17, 15) is 18.4 Å². The van der Waals surface area contributed by atoms with Crippen molar-refractivity contribution in [1.29, 1.82) is 0 Å². The van der Waals surface area contributed by atoms with Crippen molar-refractivity contribution in [3.8, 4) is 0 Å². The van der Waals surface area contributed by atoms with Crippen LogP contribution in [0.15, 0.2) is 23.7 Å². The Hall–Kier alpha value is -1.75. The molecule has 0 aromatic heterocycles. The fraction of sp³-hybridized carbons (Fsp3) is 0.0909. The zero-order valence-electron chi connectivity index (χ0n) is 8.47. The number of nitrogens with zero attached hydrogens (tertiary/aromatic N) is 1. The smallest absolute Gasteiger partial charge is 0.297 e. The topological polar surface area (TPSA) is 37.4 Å². The minimum Gasteiger partial charge on any atom is -0.297 e. The predicted octanol–water partition coefficient (Wildman–Crippen LogP) is 2.25. The highest BCUT2D eigenvalue weighted by molar-refractivity contribution is 6.52. The molecule has 0 spiro atoms. The van der Waals surface area contributed by atoms with E-state index in [0.29, 0.717) is 0 Å². The summed E-state index contributed by atoms with van der Waals surface area (Å²) in [4.78, 5) is 23.8. The maximum atomic E-state index is 13.5. The quantitative estimate of drug-likeness (QED) is 0.762. The van der Waals surface area contributed by atoms with E-state index in [2.05, 4.69) is 6.58 Å². The highest BCUT2D eigenvalue weighted by Gasteiger charge is 2.40. The van der Waals surface area contributed by atoms with E-state index in [1.54, 1.807) is 0 Å². The van der Waals surface area contributed by atoms with Gasteiger partial charge in [0.2, 0.25) is 0 Å². The van der Waals surface area contributed by atoms with E-state index in [0.717, 1.165) is 17.0 Å². The number of rotatable bonds is 2. The largest absolute Gasteiger partial charge is 0.300 e. The summed E-state index contributed by atoms with van der Waals surface area (Å²) in [6.45, 7) is 3.11. The number of carbonyl (C=O) groups excluding carboxylic acids is 2. The van der Waals surface area contributed by atoms with Crippen molar-refractivity contribution in [2.45, 2.75) is 0 Å². The number of carbonyl (C=O) groups is 2. The van der Waals surface area contributed by atoms with Gasteiger partial charge in [-0.3, -0.25) is 14.5 Å². The average molecular weight is 258 g/mol.